The molecule has 1 unspecified atom stereocenters. The van der Waals surface area contributed by atoms with Gasteiger partial charge in [-0.3, -0.25) is 0 Å². The first-order valence-corrected chi connectivity index (χ1v) is 4.80. The predicted octanol–water partition coefficient (Wildman–Crippen LogP) is 4.44. The molecular weight excluding hydrogens is 144 g/mol. The van der Waals surface area contributed by atoms with Crippen LogP contribution in [0.1, 0.15) is 41.5 Å². The molecule has 0 aromatic rings. The third-order valence-corrected chi connectivity index (χ3v) is 1.88. The predicted molar refractivity (Wildman–Crippen MR) is 59.3 cm³/mol. The molecule has 0 nitrogen and oxygen atoms in total. The summed E-state index contributed by atoms with van der Waals surface area (Å²) in [5, 5.41) is 0. The molecule has 0 radical (unpaired) electrons. The van der Waals surface area contributed by atoms with E-state index in [4.69, 9.17) is 0 Å². The molecule has 0 fully saturated rings. The Morgan fingerprint density at radius 1 is 0.750 bits per heavy atom. The van der Waals surface area contributed by atoms with Crippen LogP contribution in [0, 0.1) is 11.8 Å². The summed E-state index contributed by atoms with van der Waals surface area (Å²) in [6.45, 7) is 12.8. The summed E-state index contributed by atoms with van der Waals surface area (Å²) >= 11 is 0. The van der Waals surface area contributed by atoms with Crippen molar-refractivity contribution in [2.45, 2.75) is 41.5 Å². The van der Waals surface area contributed by atoms with Crippen LogP contribution in [-0.4, -0.2) is 0 Å². The molecule has 12 heavy (non-hydrogen) atoms. The highest BCUT2D eigenvalue weighted by molar-refractivity contribution is 4.84. The molecule has 0 rings (SSSR count). The summed E-state index contributed by atoms with van der Waals surface area (Å²) in [4.78, 5) is 0. The van der Waals surface area contributed by atoms with Crippen LogP contribution in [0.15, 0.2) is 24.3 Å². The Morgan fingerprint density at radius 3 is 1.25 bits per heavy atom. The lowest BCUT2D eigenvalue weighted by Gasteiger charge is -2.08. The van der Waals surface area contributed by atoms with Gasteiger partial charge in [-0.25, -0.2) is 0 Å². The summed E-state index contributed by atoms with van der Waals surface area (Å²) in [7, 11) is 0. The van der Waals surface area contributed by atoms with E-state index in [-0.39, 0.29) is 0 Å². The topological polar surface area (TPSA) is 0 Å². The number of hydrogen-bond acceptors (Lipinski definition) is 0. The Bertz CT molecular complexity index is 114. The van der Waals surface area contributed by atoms with E-state index >= 15 is 0 Å². The second-order valence-corrected chi connectivity index (χ2v) is 3.30. The average Bonchev–Trinajstić information content (AvgIpc) is 2.05. The lowest BCUT2D eigenvalue weighted by molar-refractivity contribution is 0.504. The molecule has 0 saturated carbocycles. The van der Waals surface area contributed by atoms with Gasteiger partial charge < -0.3 is 0 Å². The van der Waals surface area contributed by atoms with Gasteiger partial charge in [0.05, 0.1) is 0 Å². The van der Waals surface area contributed by atoms with E-state index in [0.717, 1.165) is 11.8 Å². The first-order valence-electron chi connectivity index (χ1n) is 4.80. The van der Waals surface area contributed by atoms with E-state index in [1.165, 1.54) is 0 Å². The van der Waals surface area contributed by atoms with E-state index in [1.807, 2.05) is 26.0 Å². The van der Waals surface area contributed by atoms with Crippen LogP contribution in [0.25, 0.3) is 0 Å². The molecule has 0 heterocycles. The van der Waals surface area contributed by atoms with Crippen molar-refractivity contribution in [1.29, 1.82) is 0 Å². The van der Waals surface area contributed by atoms with E-state index in [9.17, 15) is 0 Å². The van der Waals surface area contributed by atoms with Crippen molar-refractivity contribution in [2.24, 2.45) is 11.8 Å². The van der Waals surface area contributed by atoms with Gasteiger partial charge in [-0.2, -0.15) is 0 Å². The van der Waals surface area contributed by atoms with Gasteiger partial charge in [0.1, 0.15) is 0 Å². The van der Waals surface area contributed by atoms with Crippen molar-refractivity contribution in [3.05, 3.63) is 24.3 Å². The van der Waals surface area contributed by atoms with Gasteiger partial charge in [0, 0.05) is 0 Å². The second kappa shape index (κ2) is 10.5. The summed E-state index contributed by atoms with van der Waals surface area (Å²) < 4.78 is 0. The number of allylic oxidation sites excluding steroid dienone is 4. The molecule has 0 aliphatic carbocycles. The molecule has 0 aromatic carbocycles. The molecule has 0 amide bonds. The quantitative estimate of drug-likeness (QED) is 0.535. The SMILES string of the molecule is C/C=C\C(C)C(C)C.CC=CC. The molecule has 0 heteroatoms. The Balaban J connectivity index is 0. The van der Waals surface area contributed by atoms with Gasteiger partial charge in [0.2, 0.25) is 0 Å². The van der Waals surface area contributed by atoms with Crippen molar-refractivity contribution < 1.29 is 0 Å². The fourth-order valence-corrected chi connectivity index (χ4v) is 0.526. The van der Waals surface area contributed by atoms with Crippen LogP contribution in [0.4, 0.5) is 0 Å². The van der Waals surface area contributed by atoms with Gasteiger partial charge in [0.15, 0.2) is 0 Å². The maximum atomic E-state index is 2.24. The third-order valence-electron chi connectivity index (χ3n) is 1.88. The largest absolute Gasteiger partial charge is 0.0919 e. The summed E-state index contributed by atoms with van der Waals surface area (Å²) in [6, 6.07) is 0. The first-order chi connectivity index (χ1) is 5.59. The van der Waals surface area contributed by atoms with Gasteiger partial charge in [-0.15, -0.1) is 0 Å². The molecule has 0 aromatic heterocycles. The minimum absolute atomic E-state index is 0.736. The van der Waals surface area contributed by atoms with Crippen molar-refractivity contribution >= 4 is 0 Å². The van der Waals surface area contributed by atoms with E-state index < -0.39 is 0 Å². The van der Waals surface area contributed by atoms with E-state index in [1.54, 1.807) is 0 Å². The molecule has 0 bridgehead atoms. The second-order valence-electron chi connectivity index (χ2n) is 3.30. The van der Waals surface area contributed by atoms with Crippen molar-refractivity contribution in [3.63, 3.8) is 0 Å². The lowest BCUT2D eigenvalue weighted by atomic mass is 9.98. The monoisotopic (exact) mass is 168 g/mol. The van der Waals surface area contributed by atoms with Gasteiger partial charge >= 0.3 is 0 Å². The Kier molecular flexibility index (Phi) is 12.3. The van der Waals surface area contributed by atoms with Gasteiger partial charge in [-0.05, 0) is 32.6 Å². The molecule has 1 atom stereocenters. The van der Waals surface area contributed by atoms with Gasteiger partial charge in [0.25, 0.3) is 0 Å². The minimum atomic E-state index is 0.736. The number of hydrogen-bond donors (Lipinski definition) is 0. The van der Waals surface area contributed by atoms with Crippen molar-refractivity contribution in [1.82, 2.24) is 0 Å². The normalized spacial score (nSPS) is 13.6. The van der Waals surface area contributed by atoms with Gasteiger partial charge in [-0.1, -0.05) is 45.1 Å². The Hall–Kier alpha value is -0.520. The third kappa shape index (κ3) is 12.2. The minimum Gasteiger partial charge on any atom is -0.0919 e. The average molecular weight is 168 g/mol. The van der Waals surface area contributed by atoms with Crippen LogP contribution in [0.2, 0.25) is 0 Å². The van der Waals surface area contributed by atoms with Crippen LogP contribution in [-0.2, 0) is 0 Å². The zero-order chi connectivity index (χ0) is 9.98. The number of rotatable bonds is 2. The lowest BCUT2D eigenvalue weighted by Crippen LogP contribution is -1.98. The smallest absolute Gasteiger partial charge is 0.0239 e. The highest BCUT2D eigenvalue weighted by Gasteiger charge is 1.99. The molecule has 0 N–H and O–H groups in total. The van der Waals surface area contributed by atoms with Crippen LogP contribution >= 0.6 is 0 Å². The maximum Gasteiger partial charge on any atom is -0.0239 e. The maximum absolute atomic E-state index is 2.24. The molecule has 0 aliphatic rings. The molecule has 0 saturated heterocycles. The Morgan fingerprint density at radius 2 is 1.17 bits per heavy atom. The molecule has 0 spiro atoms. The highest BCUT2D eigenvalue weighted by Crippen LogP contribution is 2.09. The van der Waals surface area contributed by atoms with Crippen LogP contribution < -0.4 is 0 Å². The zero-order valence-corrected chi connectivity index (χ0v) is 9.46. The standard InChI is InChI=1S/C8H16.C4H8/c1-5-6-8(4)7(2)3;1-3-4-2/h5-8H,1-4H3;3-4H,1-2H3/b6-5-;. The summed E-state index contributed by atoms with van der Waals surface area (Å²) in [6.07, 6.45) is 8.36. The summed E-state index contributed by atoms with van der Waals surface area (Å²) in [5.41, 5.74) is 0. The Labute approximate surface area is 78.4 Å². The van der Waals surface area contributed by atoms with Crippen LogP contribution in [0.5, 0.6) is 0 Å². The fourth-order valence-electron chi connectivity index (χ4n) is 0.526. The van der Waals surface area contributed by atoms with E-state index in [2.05, 4.69) is 39.8 Å². The van der Waals surface area contributed by atoms with Crippen molar-refractivity contribution in [2.75, 3.05) is 0 Å². The fraction of sp³-hybridized carbons (Fsp3) is 0.667. The summed E-state index contributed by atoms with van der Waals surface area (Å²) in [5.74, 6) is 1.52. The van der Waals surface area contributed by atoms with E-state index in [0.29, 0.717) is 0 Å². The first kappa shape index (κ1) is 14.0. The van der Waals surface area contributed by atoms with Crippen molar-refractivity contribution in [3.8, 4) is 0 Å². The molecular formula is C12H24. The molecule has 0 aliphatic heterocycles. The highest BCUT2D eigenvalue weighted by atomic mass is 14.0. The zero-order valence-electron chi connectivity index (χ0n) is 9.46. The molecule has 72 valence electrons. The van der Waals surface area contributed by atoms with Crippen LogP contribution in [0.3, 0.4) is 0 Å².